The van der Waals surface area contributed by atoms with Crippen molar-refractivity contribution in [2.75, 3.05) is 32.8 Å². The van der Waals surface area contributed by atoms with Gasteiger partial charge < -0.3 is 14.5 Å². The highest BCUT2D eigenvalue weighted by atomic mass is 16.5. The summed E-state index contributed by atoms with van der Waals surface area (Å²) in [4.78, 5) is 17.2. The number of piperidine rings is 1. The van der Waals surface area contributed by atoms with Gasteiger partial charge in [0.15, 0.2) is 0 Å². The van der Waals surface area contributed by atoms with Crippen LogP contribution in [-0.2, 0) is 11.3 Å². The van der Waals surface area contributed by atoms with Crippen LogP contribution >= 0.6 is 0 Å². The monoisotopic (exact) mass is 348 g/mol. The summed E-state index contributed by atoms with van der Waals surface area (Å²) in [6.45, 7) is 11.9. The third kappa shape index (κ3) is 3.90. The van der Waals surface area contributed by atoms with E-state index in [1.807, 2.05) is 24.1 Å². The molecule has 1 atom stereocenters. The Hall–Kier alpha value is -1.40. The third-order valence-corrected chi connectivity index (χ3v) is 5.94. The molecule has 0 aromatic carbocycles. The Balaban J connectivity index is 1.59. The highest BCUT2D eigenvalue weighted by Gasteiger charge is 2.42. The number of carbonyl (C=O) groups excluding carboxylic acids is 1. The Morgan fingerprint density at radius 2 is 2.04 bits per heavy atom. The van der Waals surface area contributed by atoms with E-state index in [0.717, 1.165) is 65.0 Å². The van der Waals surface area contributed by atoms with Crippen LogP contribution in [-0.4, -0.2) is 69.9 Å². The average molecular weight is 348 g/mol. The lowest BCUT2D eigenvalue weighted by molar-refractivity contribution is -0.129. The molecule has 1 aromatic heterocycles. The van der Waals surface area contributed by atoms with E-state index in [1.54, 1.807) is 4.68 Å². The Morgan fingerprint density at radius 1 is 1.32 bits per heavy atom. The van der Waals surface area contributed by atoms with Gasteiger partial charge in [0.05, 0.1) is 5.60 Å². The highest BCUT2D eigenvalue weighted by molar-refractivity contribution is 5.92. The topological polar surface area (TPSA) is 50.6 Å². The molecule has 2 fully saturated rings. The van der Waals surface area contributed by atoms with E-state index < -0.39 is 0 Å². The number of carbonyl (C=O) groups is 1. The van der Waals surface area contributed by atoms with Crippen molar-refractivity contribution in [3.05, 3.63) is 18.0 Å². The maximum Gasteiger partial charge on any atom is 0.274 e. The lowest BCUT2D eigenvalue weighted by atomic mass is 9.81. The molecule has 3 rings (SSSR count). The molecule has 25 heavy (non-hydrogen) atoms. The van der Waals surface area contributed by atoms with E-state index in [2.05, 4.69) is 23.8 Å². The van der Waals surface area contributed by atoms with Gasteiger partial charge in [0.1, 0.15) is 5.69 Å². The predicted molar refractivity (Wildman–Crippen MR) is 97.7 cm³/mol. The molecule has 6 heteroatoms. The molecule has 0 aliphatic carbocycles. The van der Waals surface area contributed by atoms with Crippen LogP contribution in [0.5, 0.6) is 0 Å². The SMILES string of the molecule is CCN(CC)C1CCOC2(CCN(C(=O)c3ccn(CC)n3)CC2)C1. The number of hydrogen-bond acceptors (Lipinski definition) is 4. The van der Waals surface area contributed by atoms with E-state index in [-0.39, 0.29) is 11.5 Å². The zero-order valence-electron chi connectivity index (χ0n) is 15.9. The summed E-state index contributed by atoms with van der Waals surface area (Å²) in [7, 11) is 0. The molecule has 2 aliphatic rings. The summed E-state index contributed by atoms with van der Waals surface area (Å²) in [6, 6.07) is 2.44. The maximum absolute atomic E-state index is 12.7. The zero-order valence-corrected chi connectivity index (χ0v) is 15.9. The first-order chi connectivity index (χ1) is 12.1. The summed E-state index contributed by atoms with van der Waals surface area (Å²) in [5.41, 5.74) is 0.522. The van der Waals surface area contributed by atoms with Gasteiger partial charge in [-0.05, 0) is 51.8 Å². The summed E-state index contributed by atoms with van der Waals surface area (Å²) < 4.78 is 8.05. The second kappa shape index (κ2) is 7.87. The molecule has 0 radical (unpaired) electrons. The van der Waals surface area contributed by atoms with Crippen LogP contribution in [0.3, 0.4) is 0 Å². The number of rotatable bonds is 5. The van der Waals surface area contributed by atoms with Gasteiger partial charge in [-0.1, -0.05) is 13.8 Å². The second-order valence-corrected chi connectivity index (χ2v) is 7.25. The van der Waals surface area contributed by atoms with E-state index in [0.29, 0.717) is 11.7 Å². The van der Waals surface area contributed by atoms with Crippen molar-refractivity contribution < 1.29 is 9.53 Å². The van der Waals surface area contributed by atoms with Crippen molar-refractivity contribution in [1.82, 2.24) is 19.6 Å². The van der Waals surface area contributed by atoms with Gasteiger partial charge in [0.25, 0.3) is 5.91 Å². The lowest BCUT2D eigenvalue weighted by Crippen LogP contribution is -2.54. The molecular formula is C19H32N4O2. The van der Waals surface area contributed by atoms with Gasteiger partial charge in [-0.25, -0.2) is 0 Å². The first kappa shape index (κ1) is 18.4. The van der Waals surface area contributed by atoms with Crippen LogP contribution < -0.4 is 0 Å². The van der Waals surface area contributed by atoms with Gasteiger partial charge in [-0.15, -0.1) is 0 Å². The molecule has 6 nitrogen and oxygen atoms in total. The first-order valence-electron chi connectivity index (χ1n) is 9.81. The normalized spacial score (nSPS) is 23.4. The highest BCUT2D eigenvalue weighted by Crippen LogP contribution is 2.36. The summed E-state index contributed by atoms with van der Waals surface area (Å²) in [5.74, 6) is 0.0538. The molecule has 3 heterocycles. The third-order valence-electron chi connectivity index (χ3n) is 5.94. The zero-order chi connectivity index (χ0) is 17.9. The smallest absolute Gasteiger partial charge is 0.274 e. The minimum Gasteiger partial charge on any atom is -0.375 e. The number of aryl methyl sites for hydroxylation is 1. The Labute approximate surface area is 151 Å². The summed E-state index contributed by atoms with van der Waals surface area (Å²) in [6.07, 6.45) is 5.97. The van der Waals surface area contributed by atoms with Crippen LogP contribution in [0.25, 0.3) is 0 Å². The Bertz CT molecular complexity index is 574. The number of ether oxygens (including phenoxy) is 1. The number of aromatic nitrogens is 2. The molecule has 2 aliphatic heterocycles. The molecule has 2 saturated heterocycles. The molecule has 0 saturated carbocycles. The van der Waals surface area contributed by atoms with Gasteiger partial charge in [-0.2, -0.15) is 5.10 Å². The fourth-order valence-corrected chi connectivity index (χ4v) is 4.33. The Kier molecular flexibility index (Phi) is 5.79. The minimum absolute atomic E-state index is 0.0366. The van der Waals surface area contributed by atoms with Gasteiger partial charge in [0, 0.05) is 38.5 Å². The molecule has 0 N–H and O–H groups in total. The maximum atomic E-state index is 12.7. The van der Waals surface area contributed by atoms with Crippen molar-refractivity contribution in [1.29, 1.82) is 0 Å². The summed E-state index contributed by atoms with van der Waals surface area (Å²) in [5, 5.41) is 4.35. The quantitative estimate of drug-likeness (QED) is 0.820. The number of amides is 1. The molecule has 1 amide bonds. The van der Waals surface area contributed by atoms with Gasteiger partial charge in [0.2, 0.25) is 0 Å². The molecule has 1 unspecified atom stereocenters. The van der Waals surface area contributed by atoms with Crippen LogP contribution in [0.1, 0.15) is 56.9 Å². The van der Waals surface area contributed by atoms with E-state index in [9.17, 15) is 4.79 Å². The first-order valence-corrected chi connectivity index (χ1v) is 9.81. The van der Waals surface area contributed by atoms with Crippen molar-refractivity contribution in [3.8, 4) is 0 Å². The van der Waals surface area contributed by atoms with Crippen molar-refractivity contribution >= 4 is 5.91 Å². The van der Waals surface area contributed by atoms with Crippen molar-refractivity contribution in [3.63, 3.8) is 0 Å². The molecule has 1 spiro atoms. The molecule has 0 bridgehead atoms. The van der Waals surface area contributed by atoms with E-state index in [1.165, 1.54) is 0 Å². The Morgan fingerprint density at radius 3 is 2.64 bits per heavy atom. The minimum atomic E-state index is -0.0366. The van der Waals surface area contributed by atoms with Gasteiger partial charge in [-0.3, -0.25) is 9.48 Å². The van der Waals surface area contributed by atoms with E-state index in [4.69, 9.17) is 4.74 Å². The molecule has 140 valence electrons. The van der Waals surface area contributed by atoms with Crippen LogP contribution in [0, 0.1) is 0 Å². The lowest BCUT2D eigenvalue weighted by Gasteiger charge is -2.48. The largest absolute Gasteiger partial charge is 0.375 e. The van der Waals surface area contributed by atoms with Gasteiger partial charge >= 0.3 is 0 Å². The van der Waals surface area contributed by atoms with Crippen molar-refractivity contribution in [2.45, 2.75) is 64.6 Å². The molecule has 1 aromatic rings. The number of likely N-dealkylation sites (tertiary alicyclic amines) is 1. The average Bonchev–Trinajstić information content (AvgIpc) is 3.12. The standard InChI is InChI=1S/C19H32N4O2/c1-4-21(5-2)16-8-14-25-19(15-16)9-12-22(13-10-19)18(24)17-7-11-23(6-3)20-17/h7,11,16H,4-6,8-10,12-15H2,1-3H3. The fourth-order valence-electron chi connectivity index (χ4n) is 4.33. The van der Waals surface area contributed by atoms with Crippen LogP contribution in [0.2, 0.25) is 0 Å². The summed E-state index contributed by atoms with van der Waals surface area (Å²) >= 11 is 0. The second-order valence-electron chi connectivity index (χ2n) is 7.25. The van der Waals surface area contributed by atoms with Crippen LogP contribution in [0.15, 0.2) is 12.3 Å². The van der Waals surface area contributed by atoms with Crippen molar-refractivity contribution in [2.24, 2.45) is 0 Å². The number of hydrogen-bond donors (Lipinski definition) is 0. The fraction of sp³-hybridized carbons (Fsp3) is 0.789. The predicted octanol–water partition coefficient (Wildman–Crippen LogP) is 2.40. The van der Waals surface area contributed by atoms with Crippen LogP contribution in [0.4, 0.5) is 0 Å². The van der Waals surface area contributed by atoms with E-state index >= 15 is 0 Å². The molecular weight excluding hydrogens is 316 g/mol. The number of nitrogens with zero attached hydrogens (tertiary/aromatic N) is 4.